The van der Waals surface area contributed by atoms with Crippen LogP contribution in [0.4, 0.5) is 0 Å². The Labute approximate surface area is 140 Å². The van der Waals surface area contributed by atoms with Gasteiger partial charge in [0, 0.05) is 5.41 Å². The molecule has 1 unspecified atom stereocenters. The third-order valence-corrected chi connectivity index (χ3v) is 8.74. The molecular formula is C21H32O2. The lowest BCUT2D eigenvalue weighted by molar-refractivity contribution is -0.185. The molecular weight excluding hydrogens is 284 g/mol. The first-order chi connectivity index (χ1) is 10.7. The van der Waals surface area contributed by atoms with Gasteiger partial charge in [-0.3, -0.25) is 4.79 Å². The number of rotatable bonds is 1. The second-order valence-corrected chi connectivity index (χ2v) is 9.95. The molecule has 2 bridgehead atoms. The topological polar surface area (TPSA) is 37.3 Å². The Bertz CT molecular complexity index is 580. The van der Waals surface area contributed by atoms with Crippen molar-refractivity contribution in [3.63, 3.8) is 0 Å². The molecule has 7 atom stereocenters. The Hall–Kier alpha value is -0.630. The van der Waals surface area contributed by atoms with Gasteiger partial charge in [0.2, 0.25) is 0 Å². The predicted molar refractivity (Wildman–Crippen MR) is 91.9 cm³/mol. The van der Waals surface area contributed by atoms with E-state index in [0.29, 0.717) is 23.7 Å². The van der Waals surface area contributed by atoms with E-state index in [4.69, 9.17) is 0 Å². The molecule has 4 aliphatic rings. The first kappa shape index (κ1) is 15.9. The van der Waals surface area contributed by atoms with E-state index in [9.17, 15) is 9.90 Å². The van der Waals surface area contributed by atoms with Crippen LogP contribution in [-0.4, -0.2) is 17.0 Å². The molecule has 0 amide bonds. The minimum Gasteiger partial charge on any atom is -0.385 e. The van der Waals surface area contributed by atoms with Crippen molar-refractivity contribution in [3.05, 3.63) is 12.2 Å². The summed E-state index contributed by atoms with van der Waals surface area (Å²) < 4.78 is 0. The highest BCUT2D eigenvalue weighted by Crippen LogP contribution is 2.71. The molecule has 3 fully saturated rings. The quantitative estimate of drug-likeness (QED) is 0.722. The molecule has 0 aromatic carbocycles. The number of Topliss-reactive ketones (excluding diaryl/α,β-unsaturated/α-hetero) is 1. The van der Waals surface area contributed by atoms with Crippen LogP contribution in [0.25, 0.3) is 0 Å². The molecule has 0 saturated heterocycles. The predicted octanol–water partition coefficient (Wildman–Crippen LogP) is 4.52. The average molecular weight is 316 g/mol. The highest BCUT2D eigenvalue weighted by Gasteiger charge is 2.67. The largest absolute Gasteiger partial charge is 0.385 e. The van der Waals surface area contributed by atoms with Crippen LogP contribution in [0.15, 0.2) is 12.2 Å². The summed E-state index contributed by atoms with van der Waals surface area (Å²) in [4.78, 5) is 13.2. The Morgan fingerprint density at radius 2 is 1.83 bits per heavy atom. The Morgan fingerprint density at radius 3 is 2.52 bits per heavy atom. The number of fused-ring (bicyclic) bond motifs is 3. The van der Waals surface area contributed by atoms with Crippen LogP contribution in [0.1, 0.15) is 72.6 Å². The van der Waals surface area contributed by atoms with E-state index >= 15 is 0 Å². The van der Waals surface area contributed by atoms with E-state index in [1.165, 1.54) is 19.3 Å². The first-order valence-corrected chi connectivity index (χ1v) is 9.62. The third kappa shape index (κ3) is 1.82. The normalized spacial score (nSPS) is 58.0. The van der Waals surface area contributed by atoms with Crippen LogP contribution in [0.5, 0.6) is 0 Å². The van der Waals surface area contributed by atoms with E-state index in [-0.39, 0.29) is 22.0 Å². The van der Waals surface area contributed by atoms with Crippen molar-refractivity contribution in [1.82, 2.24) is 0 Å². The second kappa shape index (κ2) is 4.50. The maximum atomic E-state index is 13.2. The average Bonchev–Trinajstić information content (AvgIpc) is 2.75. The zero-order chi connectivity index (χ0) is 16.7. The molecule has 0 radical (unpaired) electrons. The summed E-state index contributed by atoms with van der Waals surface area (Å²) in [5.41, 5.74) is 0.340. The molecule has 0 aromatic heterocycles. The summed E-state index contributed by atoms with van der Waals surface area (Å²) in [6.45, 7) is 9.16. The van der Waals surface area contributed by atoms with E-state index in [1.54, 1.807) is 0 Å². The molecule has 0 aliphatic heterocycles. The smallest absolute Gasteiger partial charge is 0.167 e. The minimum atomic E-state index is -0.755. The number of hydrogen-bond acceptors (Lipinski definition) is 2. The molecule has 4 aliphatic carbocycles. The minimum absolute atomic E-state index is 0.104. The van der Waals surface area contributed by atoms with Gasteiger partial charge >= 0.3 is 0 Å². The number of allylic oxidation sites excluding steroid dienone is 2. The standard InChI is InChI=1S/C21H32O2/c1-5-19(3)12-14(22)17(23)20(4)15(19)7-9-21-11-10-18(2,13-21)8-6-16(20)21/h10-11,14-16,22H,5-9,12-13H2,1-4H3/t14-,15+,16?,18-,19-,20-,21+/m1/s1. The van der Waals surface area contributed by atoms with Crippen molar-refractivity contribution in [2.75, 3.05) is 0 Å². The van der Waals surface area contributed by atoms with Gasteiger partial charge in [-0.25, -0.2) is 0 Å². The molecule has 0 aromatic rings. The van der Waals surface area contributed by atoms with Crippen molar-refractivity contribution in [1.29, 1.82) is 0 Å². The van der Waals surface area contributed by atoms with Gasteiger partial charge in [0.15, 0.2) is 5.78 Å². The molecule has 1 N–H and O–H groups in total. The van der Waals surface area contributed by atoms with Crippen molar-refractivity contribution < 1.29 is 9.90 Å². The van der Waals surface area contributed by atoms with Crippen molar-refractivity contribution in [3.8, 4) is 0 Å². The van der Waals surface area contributed by atoms with E-state index in [1.807, 2.05) is 0 Å². The van der Waals surface area contributed by atoms with Gasteiger partial charge in [0.1, 0.15) is 6.10 Å². The van der Waals surface area contributed by atoms with Crippen molar-refractivity contribution >= 4 is 5.78 Å². The number of aliphatic hydroxyl groups excluding tert-OH is 1. The van der Waals surface area contributed by atoms with Gasteiger partial charge in [-0.1, -0.05) is 46.3 Å². The number of hydrogen-bond donors (Lipinski definition) is 1. The summed E-state index contributed by atoms with van der Waals surface area (Å²) >= 11 is 0. The van der Waals surface area contributed by atoms with Gasteiger partial charge in [0.05, 0.1) is 0 Å². The Kier molecular flexibility index (Phi) is 3.11. The fourth-order valence-electron chi connectivity index (χ4n) is 7.45. The van der Waals surface area contributed by atoms with Gasteiger partial charge in [0.25, 0.3) is 0 Å². The van der Waals surface area contributed by atoms with Crippen LogP contribution in [-0.2, 0) is 4.79 Å². The molecule has 2 nitrogen and oxygen atoms in total. The summed E-state index contributed by atoms with van der Waals surface area (Å²) in [6.07, 6.45) is 11.8. The molecule has 2 heteroatoms. The summed E-state index contributed by atoms with van der Waals surface area (Å²) in [7, 11) is 0. The number of carbonyl (C=O) groups excluding carboxylic acids is 1. The Balaban J connectivity index is 1.82. The molecule has 1 spiro atoms. The van der Waals surface area contributed by atoms with E-state index < -0.39 is 6.10 Å². The fourth-order valence-corrected chi connectivity index (χ4v) is 7.45. The molecule has 4 rings (SSSR count). The van der Waals surface area contributed by atoms with E-state index in [2.05, 4.69) is 39.8 Å². The van der Waals surface area contributed by atoms with Gasteiger partial charge in [-0.05, 0) is 66.6 Å². The SMILES string of the molecule is CC[C@]1(C)C[C@@H](O)C(=O)[C@@]2(C)C3CC[C@]4(C)C=C[C@@]3(CC[C@@H]12)C4. The highest BCUT2D eigenvalue weighted by atomic mass is 16.3. The summed E-state index contributed by atoms with van der Waals surface area (Å²) in [5, 5.41) is 10.6. The summed E-state index contributed by atoms with van der Waals surface area (Å²) in [6, 6.07) is 0. The highest BCUT2D eigenvalue weighted by molar-refractivity contribution is 5.90. The molecule has 0 heterocycles. The molecule has 128 valence electrons. The van der Waals surface area contributed by atoms with Crippen molar-refractivity contribution in [2.24, 2.45) is 33.5 Å². The number of aliphatic hydroxyl groups is 1. The zero-order valence-corrected chi connectivity index (χ0v) is 15.2. The lowest BCUT2D eigenvalue weighted by Crippen LogP contribution is -2.64. The first-order valence-electron chi connectivity index (χ1n) is 9.62. The van der Waals surface area contributed by atoms with E-state index in [0.717, 1.165) is 19.3 Å². The van der Waals surface area contributed by atoms with Crippen LogP contribution in [0.3, 0.4) is 0 Å². The zero-order valence-electron chi connectivity index (χ0n) is 15.2. The van der Waals surface area contributed by atoms with Gasteiger partial charge in [-0.15, -0.1) is 0 Å². The number of ketones is 1. The van der Waals surface area contributed by atoms with Crippen LogP contribution in [0, 0.1) is 33.5 Å². The maximum Gasteiger partial charge on any atom is 0.167 e. The van der Waals surface area contributed by atoms with Gasteiger partial charge < -0.3 is 5.11 Å². The lowest BCUT2D eigenvalue weighted by Gasteiger charge is -2.64. The fraction of sp³-hybridized carbons (Fsp3) is 0.857. The lowest BCUT2D eigenvalue weighted by atomic mass is 9.39. The third-order valence-electron chi connectivity index (χ3n) is 8.74. The van der Waals surface area contributed by atoms with Crippen LogP contribution in [0.2, 0.25) is 0 Å². The van der Waals surface area contributed by atoms with Crippen LogP contribution < -0.4 is 0 Å². The maximum absolute atomic E-state index is 13.2. The summed E-state index contributed by atoms with van der Waals surface area (Å²) in [5.74, 6) is 1.01. The Morgan fingerprint density at radius 1 is 1.13 bits per heavy atom. The molecule has 23 heavy (non-hydrogen) atoms. The number of carbonyl (C=O) groups is 1. The van der Waals surface area contributed by atoms with Crippen LogP contribution >= 0.6 is 0 Å². The van der Waals surface area contributed by atoms with Gasteiger partial charge in [-0.2, -0.15) is 0 Å². The monoisotopic (exact) mass is 316 g/mol. The molecule has 3 saturated carbocycles. The van der Waals surface area contributed by atoms with Crippen molar-refractivity contribution in [2.45, 2.75) is 78.7 Å². The second-order valence-electron chi connectivity index (χ2n) is 9.95.